The molecule has 0 radical (unpaired) electrons. The molecule has 1 amide bonds. The van der Waals surface area contributed by atoms with Crippen molar-refractivity contribution in [3.8, 4) is 6.07 Å². The third-order valence-corrected chi connectivity index (χ3v) is 7.50. The molecule has 0 bridgehead atoms. The minimum Gasteiger partial charge on any atom is -0.341 e. The van der Waals surface area contributed by atoms with Gasteiger partial charge in [0, 0.05) is 37.6 Å². The van der Waals surface area contributed by atoms with Crippen molar-refractivity contribution >= 4 is 27.5 Å². The van der Waals surface area contributed by atoms with Gasteiger partial charge in [0.15, 0.2) is 0 Å². The molecule has 0 aromatic heterocycles. The van der Waals surface area contributed by atoms with E-state index >= 15 is 0 Å². The lowest BCUT2D eigenvalue weighted by Crippen LogP contribution is -2.43. The quantitative estimate of drug-likeness (QED) is 0.727. The molecule has 6 nitrogen and oxygen atoms in total. The fourth-order valence-corrected chi connectivity index (χ4v) is 5.35. The van der Waals surface area contributed by atoms with Crippen molar-refractivity contribution < 1.29 is 13.2 Å². The van der Waals surface area contributed by atoms with Gasteiger partial charge in [0.05, 0.1) is 10.5 Å². The molecule has 0 N–H and O–H groups in total. The van der Waals surface area contributed by atoms with Gasteiger partial charge in [-0.15, -0.1) is 0 Å². The van der Waals surface area contributed by atoms with Crippen molar-refractivity contribution in [1.29, 1.82) is 5.26 Å². The van der Waals surface area contributed by atoms with Crippen LogP contribution in [0, 0.1) is 17.2 Å². The molecule has 1 fully saturated rings. The van der Waals surface area contributed by atoms with Crippen LogP contribution >= 0.6 is 11.6 Å². The maximum Gasteiger partial charge on any atom is 0.244 e. The normalized spacial score (nSPS) is 15.6. The molecular weight excluding hydrogens is 410 g/mol. The van der Waals surface area contributed by atoms with Crippen LogP contribution in [0.1, 0.15) is 24.0 Å². The van der Waals surface area contributed by atoms with Crippen molar-refractivity contribution in [2.75, 3.05) is 20.1 Å². The number of hydrogen-bond donors (Lipinski definition) is 0. The zero-order valence-electron chi connectivity index (χ0n) is 16.1. The second-order valence-electron chi connectivity index (χ2n) is 7.07. The summed E-state index contributed by atoms with van der Waals surface area (Å²) in [4.78, 5) is 14.5. The molecule has 0 aliphatic carbocycles. The summed E-state index contributed by atoms with van der Waals surface area (Å²) in [6.45, 7) is 0.906. The number of nitriles is 1. The SMILES string of the molecule is CN(Cc1ccccc1Cl)C(=O)C1CCN(S(=O)(=O)c2ccccc2C#N)CC1. The first-order chi connectivity index (χ1) is 13.8. The van der Waals surface area contributed by atoms with Gasteiger partial charge in [-0.3, -0.25) is 4.79 Å². The summed E-state index contributed by atoms with van der Waals surface area (Å²) in [6, 6.07) is 15.5. The van der Waals surface area contributed by atoms with Crippen molar-refractivity contribution in [3.05, 3.63) is 64.7 Å². The summed E-state index contributed by atoms with van der Waals surface area (Å²) in [6.07, 6.45) is 0.888. The van der Waals surface area contributed by atoms with E-state index < -0.39 is 10.0 Å². The van der Waals surface area contributed by atoms with Crippen molar-refractivity contribution in [2.24, 2.45) is 5.92 Å². The van der Waals surface area contributed by atoms with E-state index in [0.717, 1.165) is 5.56 Å². The zero-order chi connectivity index (χ0) is 21.0. The third kappa shape index (κ3) is 4.61. The molecule has 3 rings (SSSR count). The summed E-state index contributed by atoms with van der Waals surface area (Å²) in [5.74, 6) is -0.250. The molecule has 29 heavy (non-hydrogen) atoms. The van der Waals surface area contributed by atoms with Gasteiger partial charge < -0.3 is 4.90 Å². The molecule has 0 spiro atoms. The largest absolute Gasteiger partial charge is 0.341 e. The average Bonchev–Trinajstić information content (AvgIpc) is 2.74. The van der Waals surface area contributed by atoms with Crippen LogP contribution in [0.5, 0.6) is 0 Å². The monoisotopic (exact) mass is 431 g/mol. The fourth-order valence-electron chi connectivity index (χ4n) is 3.54. The number of hydrogen-bond acceptors (Lipinski definition) is 4. The van der Waals surface area contributed by atoms with Gasteiger partial charge in [-0.1, -0.05) is 41.9 Å². The zero-order valence-corrected chi connectivity index (χ0v) is 17.7. The van der Waals surface area contributed by atoms with Crippen LogP contribution in [0.2, 0.25) is 5.02 Å². The summed E-state index contributed by atoms with van der Waals surface area (Å²) >= 11 is 6.18. The summed E-state index contributed by atoms with van der Waals surface area (Å²) < 4.78 is 27.2. The minimum absolute atomic E-state index is 0.0145. The first-order valence-corrected chi connectivity index (χ1v) is 11.1. The van der Waals surface area contributed by atoms with Crippen LogP contribution in [-0.2, 0) is 21.4 Å². The number of nitrogens with zero attached hydrogens (tertiary/aromatic N) is 3. The molecule has 0 atom stereocenters. The van der Waals surface area contributed by atoms with Gasteiger partial charge in [0.2, 0.25) is 15.9 Å². The summed E-state index contributed by atoms with van der Waals surface area (Å²) in [5.41, 5.74) is 1.00. The summed E-state index contributed by atoms with van der Waals surface area (Å²) in [5, 5.41) is 9.82. The lowest BCUT2D eigenvalue weighted by atomic mass is 9.96. The maximum absolute atomic E-state index is 12.9. The van der Waals surface area contributed by atoms with Crippen molar-refractivity contribution in [2.45, 2.75) is 24.3 Å². The highest BCUT2D eigenvalue weighted by molar-refractivity contribution is 7.89. The Morgan fingerprint density at radius 2 is 1.79 bits per heavy atom. The highest BCUT2D eigenvalue weighted by atomic mass is 35.5. The number of piperidine rings is 1. The Balaban J connectivity index is 1.65. The van der Waals surface area contributed by atoms with Crippen LogP contribution < -0.4 is 0 Å². The van der Waals surface area contributed by atoms with Gasteiger partial charge in [-0.25, -0.2) is 8.42 Å². The Kier molecular flexibility index (Phi) is 6.58. The van der Waals surface area contributed by atoms with Gasteiger partial charge in [-0.2, -0.15) is 9.57 Å². The lowest BCUT2D eigenvalue weighted by Gasteiger charge is -2.32. The molecule has 0 unspecified atom stereocenters. The molecular formula is C21H22ClN3O3S. The molecule has 1 aliphatic heterocycles. The van der Waals surface area contributed by atoms with E-state index in [1.54, 1.807) is 30.1 Å². The molecule has 1 aliphatic rings. The molecule has 152 valence electrons. The van der Waals surface area contributed by atoms with Gasteiger partial charge in [0.1, 0.15) is 6.07 Å². The number of rotatable bonds is 5. The van der Waals surface area contributed by atoms with E-state index in [2.05, 4.69) is 0 Å². The standard InChI is InChI=1S/C21H22ClN3O3S/c1-24(15-18-7-2-4-8-19(18)22)21(26)16-10-12-25(13-11-16)29(27,28)20-9-5-3-6-17(20)14-23/h2-9,16H,10-13,15H2,1H3. The van der Waals surface area contributed by atoms with Crippen molar-refractivity contribution in [1.82, 2.24) is 9.21 Å². The number of benzene rings is 2. The Morgan fingerprint density at radius 3 is 2.45 bits per heavy atom. The topological polar surface area (TPSA) is 81.5 Å². The minimum atomic E-state index is -3.76. The Labute approximate surface area is 176 Å². The molecule has 0 saturated carbocycles. The van der Waals surface area contributed by atoms with Crippen LogP contribution in [-0.4, -0.2) is 43.7 Å². The predicted octanol–water partition coefficient (Wildman–Crippen LogP) is 3.27. The number of amides is 1. The fraction of sp³-hybridized carbons (Fsp3) is 0.333. The van der Waals surface area contributed by atoms with Gasteiger partial charge in [-0.05, 0) is 36.6 Å². The molecule has 8 heteroatoms. The third-order valence-electron chi connectivity index (χ3n) is 5.17. The van der Waals surface area contributed by atoms with Crippen molar-refractivity contribution in [3.63, 3.8) is 0 Å². The molecule has 2 aromatic rings. The number of sulfonamides is 1. The maximum atomic E-state index is 12.9. The average molecular weight is 432 g/mol. The van der Waals surface area contributed by atoms with E-state index in [-0.39, 0.29) is 35.4 Å². The predicted molar refractivity (Wildman–Crippen MR) is 111 cm³/mol. The first-order valence-electron chi connectivity index (χ1n) is 9.32. The number of halogens is 1. The van der Waals surface area contributed by atoms with E-state index in [9.17, 15) is 18.5 Å². The van der Waals surface area contributed by atoms with Crippen LogP contribution in [0.15, 0.2) is 53.4 Å². The molecule has 2 aromatic carbocycles. The van der Waals surface area contributed by atoms with E-state index in [4.69, 9.17) is 11.6 Å². The smallest absolute Gasteiger partial charge is 0.244 e. The van der Waals surface area contributed by atoms with Crippen LogP contribution in [0.3, 0.4) is 0 Å². The van der Waals surface area contributed by atoms with Crippen LogP contribution in [0.4, 0.5) is 0 Å². The second-order valence-corrected chi connectivity index (χ2v) is 9.39. The summed E-state index contributed by atoms with van der Waals surface area (Å²) in [7, 11) is -2.03. The van der Waals surface area contributed by atoms with Gasteiger partial charge >= 0.3 is 0 Å². The Morgan fingerprint density at radius 1 is 1.17 bits per heavy atom. The highest BCUT2D eigenvalue weighted by Crippen LogP contribution is 2.27. The Bertz CT molecular complexity index is 1040. The molecule has 1 heterocycles. The van der Waals surface area contributed by atoms with E-state index in [1.165, 1.54) is 16.4 Å². The van der Waals surface area contributed by atoms with E-state index in [0.29, 0.717) is 24.4 Å². The first kappa shape index (κ1) is 21.3. The highest BCUT2D eigenvalue weighted by Gasteiger charge is 2.34. The lowest BCUT2D eigenvalue weighted by molar-refractivity contribution is -0.135. The Hall–Kier alpha value is -2.40. The van der Waals surface area contributed by atoms with Crippen LogP contribution in [0.25, 0.3) is 0 Å². The number of carbonyl (C=O) groups is 1. The van der Waals surface area contributed by atoms with E-state index in [1.807, 2.05) is 24.3 Å². The van der Waals surface area contributed by atoms with Gasteiger partial charge in [0.25, 0.3) is 0 Å². The molecule has 1 saturated heterocycles. The second kappa shape index (κ2) is 8.95. The number of carbonyl (C=O) groups excluding carboxylic acids is 1.